The third-order valence-corrected chi connectivity index (χ3v) is 14.3. The van der Waals surface area contributed by atoms with E-state index in [2.05, 4.69) is 237 Å². The molecule has 4 heteroatoms. The summed E-state index contributed by atoms with van der Waals surface area (Å²) >= 11 is 0. The minimum Gasteiger partial charge on any atom is -0.456 e. The van der Waals surface area contributed by atoms with Crippen LogP contribution in [0, 0.1) is 13.8 Å². The minimum absolute atomic E-state index is 0.176. The summed E-state index contributed by atoms with van der Waals surface area (Å²) in [4.78, 5) is 4.79. The summed E-state index contributed by atoms with van der Waals surface area (Å²) in [7, 11) is 0. The smallest absolute Gasteiger partial charge is 0.140 e. The van der Waals surface area contributed by atoms with Gasteiger partial charge < -0.3 is 18.6 Å². The molecule has 11 rings (SSSR count). The summed E-state index contributed by atoms with van der Waals surface area (Å²) < 4.78 is 14.4. The number of hydrogen-bond donors (Lipinski definition) is 0. The minimum atomic E-state index is 0.176. The van der Waals surface area contributed by atoms with Gasteiger partial charge >= 0.3 is 0 Å². The van der Waals surface area contributed by atoms with E-state index < -0.39 is 0 Å². The van der Waals surface area contributed by atoms with Gasteiger partial charge in [-0.3, -0.25) is 0 Å². The second-order valence-electron chi connectivity index (χ2n) is 20.3. The van der Waals surface area contributed by atoms with E-state index >= 15 is 0 Å². The van der Waals surface area contributed by atoms with E-state index in [0.29, 0.717) is 11.8 Å². The molecule has 0 aliphatic heterocycles. The molecule has 0 aliphatic rings. The quantitative estimate of drug-likeness (QED) is 0.137. The molecule has 0 atom stereocenters. The summed E-state index contributed by atoms with van der Waals surface area (Å²) in [6, 6.07) is 58.1. The summed E-state index contributed by atoms with van der Waals surface area (Å²) in [5.74, 6) is 1.19. The molecule has 0 bridgehead atoms. The molecule has 0 amide bonds. The van der Waals surface area contributed by atoms with E-state index in [0.717, 1.165) is 77.4 Å². The number of rotatable bonds is 10. The normalized spacial score (nSPS) is 12.2. The van der Waals surface area contributed by atoms with Crippen LogP contribution in [0.5, 0.6) is 0 Å². The van der Waals surface area contributed by atoms with Gasteiger partial charge in [-0.25, -0.2) is 0 Å². The summed E-state index contributed by atoms with van der Waals surface area (Å²) in [5.41, 5.74) is 18.1. The Labute approximate surface area is 400 Å². The van der Waals surface area contributed by atoms with Crippen LogP contribution in [0.25, 0.3) is 65.4 Å². The Morgan fingerprint density at radius 1 is 0.353 bits per heavy atom. The molecule has 2 heterocycles. The first-order valence-corrected chi connectivity index (χ1v) is 24.5. The average Bonchev–Trinajstić information content (AvgIpc) is 3.87. The summed E-state index contributed by atoms with van der Waals surface area (Å²) in [5, 5.41) is 9.19. The molecule has 0 unspecified atom stereocenters. The molecule has 0 saturated heterocycles. The zero-order chi connectivity index (χ0) is 47.1. The van der Waals surface area contributed by atoms with Crippen molar-refractivity contribution >= 4 is 99.5 Å². The van der Waals surface area contributed by atoms with Crippen molar-refractivity contribution in [2.24, 2.45) is 0 Å². The summed E-state index contributed by atoms with van der Waals surface area (Å²) in [6.45, 7) is 22.6. The van der Waals surface area contributed by atoms with Crippen LogP contribution in [0.2, 0.25) is 0 Å². The first-order valence-electron chi connectivity index (χ1n) is 24.5. The van der Waals surface area contributed by atoms with Crippen molar-refractivity contribution in [2.45, 2.75) is 92.9 Å². The maximum absolute atomic E-state index is 7.19. The molecule has 0 radical (unpaired) electrons. The van der Waals surface area contributed by atoms with Crippen molar-refractivity contribution < 1.29 is 8.83 Å². The topological polar surface area (TPSA) is 32.8 Å². The molecule has 0 spiro atoms. The van der Waals surface area contributed by atoms with Gasteiger partial charge in [-0.1, -0.05) is 128 Å². The van der Waals surface area contributed by atoms with E-state index in [1.54, 1.807) is 0 Å². The van der Waals surface area contributed by atoms with Crippen LogP contribution in [-0.4, -0.2) is 0 Å². The molecule has 0 aliphatic carbocycles. The highest BCUT2D eigenvalue weighted by molar-refractivity contribution is 6.22. The monoisotopic (exact) mass is 888 g/mol. The van der Waals surface area contributed by atoms with Crippen molar-refractivity contribution in [1.29, 1.82) is 0 Å². The van der Waals surface area contributed by atoms with Crippen molar-refractivity contribution in [3.63, 3.8) is 0 Å². The van der Waals surface area contributed by atoms with Gasteiger partial charge in [0, 0.05) is 66.8 Å². The number of hydrogen-bond acceptors (Lipinski definition) is 4. The van der Waals surface area contributed by atoms with Gasteiger partial charge in [-0.05, 0) is 166 Å². The summed E-state index contributed by atoms with van der Waals surface area (Å²) in [6.07, 6.45) is 0. The number of furan rings is 2. The predicted octanol–water partition coefficient (Wildman–Crippen LogP) is 19.8. The van der Waals surface area contributed by atoms with Crippen molar-refractivity contribution in [3.8, 4) is 0 Å². The van der Waals surface area contributed by atoms with Crippen LogP contribution in [0.3, 0.4) is 0 Å². The van der Waals surface area contributed by atoms with E-state index in [1.807, 2.05) is 0 Å². The third-order valence-electron chi connectivity index (χ3n) is 14.3. The standard InChI is InChI=1S/C64H60N2O2/c1-37(2)43-23-21-41(9)55(33-43)65(49-17-13-11-14-18-49)51-27-25-45-31-53-57(35-47(45)29-51)67-63-60(40(7)8)62-54-32-46-26-28-52(30-48(46)36-58(54)68-64(62)59(39(5)6)61(53)63)66(50-19-15-12-16-20-50)56-34-44(38(3)4)24-22-42(56)10/h11-40H,1-10H3. The lowest BCUT2D eigenvalue weighted by Gasteiger charge is -2.28. The number of nitrogens with zero attached hydrogens (tertiary/aromatic N) is 2. The van der Waals surface area contributed by atoms with Crippen LogP contribution >= 0.6 is 0 Å². The SMILES string of the molecule is Cc1ccc(C(C)C)cc1N(c1ccccc1)c1ccc2cc3c(cc2c1)oc1c(C(C)C)c2c(oc4cc5cc(N(c6ccccc6)c6cc(C(C)C)ccc6C)ccc5cc42)c(C(C)C)c13. The largest absolute Gasteiger partial charge is 0.456 e. The maximum atomic E-state index is 7.19. The molecule has 0 saturated carbocycles. The van der Waals surface area contributed by atoms with Crippen molar-refractivity contribution in [1.82, 2.24) is 0 Å². The van der Waals surface area contributed by atoms with Gasteiger partial charge in [0.05, 0.1) is 0 Å². The molecule has 0 N–H and O–H groups in total. The molecule has 0 fully saturated rings. The zero-order valence-electron chi connectivity index (χ0n) is 41.0. The molecule has 9 aromatic carbocycles. The van der Waals surface area contributed by atoms with Crippen LogP contribution in [0.1, 0.15) is 112 Å². The second-order valence-corrected chi connectivity index (χ2v) is 20.3. The molecule has 68 heavy (non-hydrogen) atoms. The lowest BCUT2D eigenvalue weighted by atomic mass is 9.87. The van der Waals surface area contributed by atoms with Gasteiger partial charge in [0.25, 0.3) is 0 Å². The zero-order valence-corrected chi connectivity index (χ0v) is 41.0. The van der Waals surface area contributed by atoms with Crippen molar-refractivity contribution in [2.75, 3.05) is 9.80 Å². The lowest BCUT2D eigenvalue weighted by Crippen LogP contribution is -2.12. The fourth-order valence-electron chi connectivity index (χ4n) is 10.6. The first-order chi connectivity index (χ1) is 32.8. The Morgan fingerprint density at radius 3 is 1.12 bits per heavy atom. The van der Waals surface area contributed by atoms with Gasteiger partial charge in [0.1, 0.15) is 22.3 Å². The number of aryl methyl sites for hydroxylation is 2. The van der Waals surface area contributed by atoms with Gasteiger partial charge in [0.15, 0.2) is 0 Å². The highest BCUT2D eigenvalue weighted by Crippen LogP contribution is 2.50. The van der Waals surface area contributed by atoms with Gasteiger partial charge in [-0.2, -0.15) is 0 Å². The number of anilines is 6. The Bertz CT molecular complexity index is 3470. The molecular formula is C64H60N2O2. The number of para-hydroxylation sites is 2. The second kappa shape index (κ2) is 16.8. The Kier molecular flexibility index (Phi) is 10.7. The fourth-order valence-corrected chi connectivity index (χ4v) is 10.6. The van der Waals surface area contributed by atoms with E-state index in [1.165, 1.54) is 55.5 Å². The predicted molar refractivity (Wildman–Crippen MR) is 291 cm³/mol. The first kappa shape index (κ1) is 43.3. The van der Waals surface area contributed by atoms with E-state index in [4.69, 9.17) is 8.83 Å². The highest BCUT2D eigenvalue weighted by Gasteiger charge is 2.28. The van der Waals surface area contributed by atoms with E-state index in [9.17, 15) is 0 Å². The van der Waals surface area contributed by atoms with Gasteiger partial charge in [-0.15, -0.1) is 0 Å². The Balaban J connectivity index is 1.09. The Hall–Kier alpha value is -7.30. The van der Waals surface area contributed by atoms with Crippen LogP contribution < -0.4 is 9.80 Å². The molecule has 2 aromatic heterocycles. The van der Waals surface area contributed by atoms with Crippen LogP contribution in [0.15, 0.2) is 167 Å². The average molecular weight is 889 g/mol. The molecule has 338 valence electrons. The number of fused-ring (bicyclic) bond motifs is 8. The maximum Gasteiger partial charge on any atom is 0.140 e. The van der Waals surface area contributed by atoms with E-state index in [-0.39, 0.29) is 11.8 Å². The fraction of sp³-hybridized carbons (Fsp3) is 0.219. The van der Waals surface area contributed by atoms with Gasteiger partial charge in [0.2, 0.25) is 0 Å². The molecule has 4 nitrogen and oxygen atoms in total. The van der Waals surface area contributed by atoms with Crippen LogP contribution in [0.4, 0.5) is 34.1 Å². The lowest BCUT2D eigenvalue weighted by molar-refractivity contribution is 0.649. The van der Waals surface area contributed by atoms with Crippen molar-refractivity contribution in [3.05, 3.63) is 191 Å². The van der Waals surface area contributed by atoms with Crippen LogP contribution in [-0.2, 0) is 0 Å². The molecular weight excluding hydrogens is 829 g/mol. The molecule has 11 aromatic rings. The Morgan fingerprint density at radius 2 is 0.750 bits per heavy atom. The highest BCUT2D eigenvalue weighted by atomic mass is 16.3. The number of benzene rings is 9. The third kappa shape index (κ3) is 7.20.